The molecular weight excluding hydrogens is 349 g/mol. The highest BCUT2D eigenvalue weighted by atomic mass is 79.9. The topological polar surface area (TPSA) is 12.0 Å². The smallest absolute Gasteiger partial charge is 0.123 e. The van der Waals surface area contributed by atoms with Crippen molar-refractivity contribution < 1.29 is 4.39 Å². The first kappa shape index (κ1) is 16.7. The third-order valence-electron chi connectivity index (χ3n) is 3.34. The Morgan fingerprint density at radius 3 is 2.62 bits per heavy atom. The fourth-order valence-electron chi connectivity index (χ4n) is 2.32. The Morgan fingerprint density at radius 2 is 2.00 bits per heavy atom. The van der Waals surface area contributed by atoms with Crippen LogP contribution in [0.1, 0.15) is 30.2 Å². The van der Waals surface area contributed by atoms with Crippen LogP contribution in [-0.4, -0.2) is 13.1 Å². The summed E-state index contributed by atoms with van der Waals surface area (Å²) < 4.78 is 14.6. The largest absolute Gasteiger partial charge is 0.316 e. The van der Waals surface area contributed by atoms with Gasteiger partial charge in [-0.05, 0) is 64.6 Å². The van der Waals surface area contributed by atoms with E-state index in [1.807, 2.05) is 6.07 Å². The molecule has 0 spiro atoms. The fourth-order valence-corrected chi connectivity index (χ4v) is 3.88. The van der Waals surface area contributed by atoms with Crippen LogP contribution in [0.3, 0.4) is 0 Å². The second-order valence-corrected chi connectivity index (χ2v) is 8.26. The molecule has 0 radical (unpaired) electrons. The van der Waals surface area contributed by atoms with E-state index in [9.17, 15) is 4.39 Å². The van der Waals surface area contributed by atoms with Crippen LogP contribution >= 0.6 is 27.3 Å². The second-order valence-electron chi connectivity index (χ2n) is 5.71. The molecule has 1 aromatic heterocycles. The van der Waals surface area contributed by atoms with Gasteiger partial charge in [0.05, 0.1) is 3.79 Å². The van der Waals surface area contributed by atoms with E-state index in [1.54, 1.807) is 23.5 Å². The number of rotatable bonds is 7. The molecule has 114 valence electrons. The minimum absolute atomic E-state index is 0.159. The van der Waals surface area contributed by atoms with Crippen molar-refractivity contribution in [2.24, 2.45) is 5.92 Å². The predicted octanol–water partition coefficient (Wildman–Crippen LogP) is 5.22. The maximum atomic E-state index is 13.5. The average molecular weight is 370 g/mol. The molecule has 0 aliphatic rings. The molecule has 0 aliphatic heterocycles. The normalized spacial score (nSPS) is 12.8. The lowest BCUT2D eigenvalue weighted by Crippen LogP contribution is -2.26. The molecule has 2 rings (SSSR count). The molecule has 1 unspecified atom stereocenters. The molecule has 1 nitrogen and oxygen atoms in total. The van der Waals surface area contributed by atoms with Gasteiger partial charge in [-0.25, -0.2) is 4.39 Å². The van der Waals surface area contributed by atoms with Gasteiger partial charge in [0, 0.05) is 17.3 Å². The summed E-state index contributed by atoms with van der Waals surface area (Å²) in [6.07, 6.45) is 0.935. The van der Waals surface area contributed by atoms with Crippen molar-refractivity contribution in [1.82, 2.24) is 5.32 Å². The van der Waals surface area contributed by atoms with Crippen molar-refractivity contribution in [1.29, 1.82) is 0 Å². The third-order valence-corrected chi connectivity index (χ3v) is 4.99. The molecule has 0 saturated carbocycles. The van der Waals surface area contributed by atoms with E-state index in [1.165, 1.54) is 10.9 Å². The van der Waals surface area contributed by atoms with Gasteiger partial charge in [-0.3, -0.25) is 0 Å². The highest BCUT2D eigenvalue weighted by molar-refractivity contribution is 9.11. The fraction of sp³-hybridized carbons (Fsp3) is 0.412. The first-order valence-corrected chi connectivity index (χ1v) is 8.86. The SMILES string of the molecule is CC(C)CNCC(Cc1ccc(Br)s1)c1cccc(F)c1. The van der Waals surface area contributed by atoms with Gasteiger partial charge < -0.3 is 5.32 Å². The molecule has 1 atom stereocenters. The van der Waals surface area contributed by atoms with Gasteiger partial charge in [-0.2, -0.15) is 0 Å². The zero-order chi connectivity index (χ0) is 15.2. The van der Waals surface area contributed by atoms with Crippen LogP contribution in [-0.2, 0) is 6.42 Å². The number of hydrogen-bond donors (Lipinski definition) is 1. The summed E-state index contributed by atoms with van der Waals surface area (Å²) in [5.41, 5.74) is 1.07. The summed E-state index contributed by atoms with van der Waals surface area (Å²) in [7, 11) is 0. The van der Waals surface area contributed by atoms with Crippen LogP contribution in [0.2, 0.25) is 0 Å². The van der Waals surface area contributed by atoms with E-state index in [0.29, 0.717) is 11.8 Å². The van der Waals surface area contributed by atoms with Crippen LogP contribution in [0.4, 0.5) is 4.39 Å². The summed E-state index contributed by atoms with van der Waals surface area (Å²) in [4.78, 5) is 1.32. The second kappa shape index (κ2) is 8.06. The Bertz CT molecular complexity index is 567. The predicted molar refractivity (Wildman–Crippen MR) is 92.6 cm³/mol. The molecule has 0 fully saturated rings. The van der Waals surface area contributed by atoms with Crippen molar-refractivity contribution in [2.45, 2.75) is 26.2 Å². The lowest BCUT2D eigenvalue weighted by molar-refractivity contribution is 0.513. The van der Waals surface area contributed by atoms with Crippen molar-refractivity contribution in [3.8, 4) is 0 Å². The number of benzene rings is 1. The van der Waals surface area contributed by atoms with Gasteiger partial charge >= 0.3 is 0 Å². The van der Waals surface area contributed by atoms with Crippen LogP contribution in [0.5, 0.6) is 0 Å². The van der Waals surface area contributed by atoms with Crippen LogP contribution in [0.25, 0.3) is 0 Å². The Hall–Kier alpha value is -0.710. The van der Waals surface area contributed by atoms with Gasteiger partial charge in [0.15, 0.2) is 0 Å². The first-order chi connectivity index (χ1) is 10.0. The van der Waals surface area contributed by atoms with E-state index in [2.05, 4.69) is 47.2 Å². The van der Waals surface area contributed by atoms with Crippen LogP contribution in [0, 0.1) is 11.7 Å². The lowest BCUT2D eigenvalue weighted by Gasteiger charge is -2.18. The molecule has 1 aromatic carbocycles. The van der Waals surface area contributed by atoms with Crippen LogP contribution in [0.15, 0.2) is 40.2 Å². The molecule has 0 amide bonds. The summed E-state index contributed by atoms with van der Waals surface area (Å²) >= 11 is 5.25. The van der Waals surface area contributed by atoms with E-state index < -0.39 is 0 Å². The maximum absolute atomic E-state index is 13.5. The lowest BCUT2D eigenvalue weighted by atomic mass is 9.94. The first-order valence-electron chi connectivity index (χ1n) is 7.25. The number of halogens is 2. The quantitative estimate of drug-likeness (QED) is 0.705. The van der Waals surface area contributed by atoms with Gasteiger partial charge in [-0.1, -0.05) is 26.0 Å². The maximum Gasteiger partial charge on any atom is 0.123 e. The molecule has 1 heterocycles. The van der Waals surface area contributed by atoms with Crippen molar-refractivity contribution in [3.63, 3.8) is 0 Å². The highest BCUT2D eigenvalue weighted by Gasteiger charge is 2.14. The standard InChI is InChI=1S/C17H21BrFNS/c1-12(2)10-20-11-14(9-16-6-7-17(18)21-16)13-4-3-5-15(19)8-13/h3-8,12,14,20H,9-11H2,1-2H3. The van der Waals surface area contributed by atoms with Gasteiger partial charge in [-0.15, -0.1) is 11.3 Å². The Morgan fingerprint density at radius 1 is 1.19 bits per heavy atom. The van der Waals surface area contributed by atoms with Crippen molar-refractivity contribution >= 4 is 27.3 Å². The molecule has 0 saturated heterocycles. The zero-order valence-electron chi connectivity index (χ0n) is 12.4. The average Bonchev–Trinajstić information content (AvgIpc) is 2.83. The molecule has 2 aromatic rings. The minimum atomic E-state index is -0.159. The summed E-state index contributed by atoms with van der Waals surface area (Å²) in [6, 6.07) is 11.2. The molecule has 1 N–H and O–H groups in total. The molecule has 21 heavy (non-hydrogen) atoms. The van der Waals surface area contributed by atoms with Crippen molar-refractivity contribution in [3.05, 3.63) is 56.4 Å². The number of thiophene rings is 1. The van der Waals surface area contributed by atoms with Gasteiger partial charge in [0.25, 0.3) is 0 Å². The molecular formula is C17H21BrFNS. The molecule has 0 bridgehead atoms. The number of nitrogens with one attached hydrogen (secondary N) is 1. The Kier molecular flexibility index (Phi) is 6.40. The van der Waals surface area contributed by atoms with E-state index in [0.717, 1.165) is 28.9 Å². The monoisotopic (exact) mass is 369 g/mol. The summed E-state index contributed by atoms with van der Waals surface area (Å²) in [5.74, 6) is 0.757. The summed E-state index contributed by atoms with van der Waals surface area (Å²) in [6.45, 7) is 6.25. The van der Waals surface area contributed by atoms with E-state index >= 15 is 0 Å². The number of hydrogen-bond acceptors (Lipinski definition) is 2. The van der Waals surface area contributed by atoms with E-state index in [-0.39, 0.29) is 5.82 Å². The van der Waals surface area contributed by atoms with Gasteiger partial charge in [0.2, 0.25) is 0 Å². The minimum Gasteiger partial charge on any atom is -0.316 e. The highest BCUT2D eigenvalue weighted by Crippen LogP contribution is 2.28. The zero-order valence-corrected chi connectivity index (χ0v) is 14.8. The Balaban J connectivity index is 2.09. The van der Waals surface area contributed by atoms with Crippen LogP contribution < -0.4 is 5.32 Å². The third kappa shape index (κ3) is 5.53. The summed E-state index contributed by atoms with van der Waals surface area (Å²) in [5, 5.41) is 3.50. The van der Waals surface area contributed by atoms with E-state index in [4.69, 9.17) is 0 Å². The van der Waals surface area contributed by atoms with Crippen molar-refractivity contribution in [2.75, 3.05) is 13.1 Å². The Labute approximate surface area is 138 Å². The molecule has 4 heteroatoms. The molecule has 0 aliphatic carbocycles. The van der Waals surface area contributed by atoms with Gasteiger partial charge in [0.1, 0.15) is 5.82 Å².